The van der Waals surface area contributed by atoms with Gasteiger partial charge in [-0.25, -0.2) is 0 Å². The van der Waals surface area contributed by atoms with E-state index in [4.69, 9.17) is 26.8 Å². The fourth-order valence-electron chi connectivity index (χ4n) is 3.39. The maximum absolute atomic E-state index is 12.4. The Bertz CT molecular complexity index is 810. The largest absolute Gasteiger partial charge is 0.493 e. The van der Waals surface area contributed by atoms with Crippen LogP contribution in [-0.2, 0) is 17.8 Å². The number of carbonyl (C=O) groups excluding carboxylic acids is 1. The van der Waals surface area contributed by atoms with Gasteiger partial charge in [-0.1, -0.05) is 23.7 Å². The van der Waals surface area contributed by atoms with E-state index in [1.54, 1.807) is 20.3 Å². The van der Waals surface area contributed by atoms with Gasteiger partial charge in [0.1, 0.15) is 0 Å². The van der Waals surface area contributed by atoms with Crippen LogP contribution in [0.15, 0.2) is 36.4 Å². The normalized spacial score (nSPS) is 16.8. The number of methoxy groups -OCH3 is 2. The molecule has 1 amide bonds. The van der Waals surface area contributed by atoms with E-state index in [0.717, 1.165) is 24.0 Å². The molecule has 0 spiro atoms. The highest BCUT2D eigenvalue weighted by Crippen LogP contribution is 2.31. The molecular weight excluding hydrogens is 352 g/mol. The van der Waals surface area contributed by atoms with E-state index < -0.39 is 0 Å². The van der Waals surface area contributed by atoms with Crippen LogP contribution in [0, 0.1) is 0 Å². The Morgan fingerprint density at radius 2 is 1.85 bits per heavy atom. The summed E-state index contributed by atoms with van der Waals surface area (Å²) >= 11 is 5.99. The summed E-state index contributed by atoms with van der Waals surface area (Å²) in [5, 5.41) is 0.531. The molecule has 1 heterocycles. The van der Waals surface area contributed by atoms with Crippen molar-refractivity contribution in [3.05, 3.63) is 52.5 Å². The molecular formula is C20H23ClN2O3. The molecule has 3 rings (SSSR count). The van der Waals surface area contributed by atoms with Crippen molar-refractivity contribution in [2.75, 3.05) is 20.0 Å². The van der Waals surface area contributed by atoms with Gasteiger partial charge in [0.2, 0.25) is 5.91 Å². The summed E-state index contributed by atoms with van der Waals surface area (Å²) in [5.74, 6) is 1.57. The minimum absolute atomic E-state index is 0.150. The van der Waals surface area contributed by atoms with Crippen molar-refractivity contribution in [2.45, 2.75) is 31.8 Å². The molecule has 1 atom stereocenters. The molecule has 1 aliphatic rings. The maximum Gasteiger partial charge on any atom is 0.223 e. The first-order valence-corrected chi connectivity index (χ1v) is 8.94. The average molecular weight is 375 g/mol. The first kappa shape index (κ1) is 18.4. The van der Waals surface area contributed by atoms with E-state index in [-0.39, 0.29) is 11.9 Å². The van der Waals surface area contributed by atoms with Crippen LogP contribution in [0.1, 0.15) is 24.0 Å². The predicted molar refractivity (Wildman–Crippen MR) is 103 cm³/mol. The van der Waals surface area contributed by atoms with E-state index in [2.05, 4.69) is 0 Å². The second-order valence-corrected chi connectivity index (χ2v) is 6.87. The van der Waals surface area contributed by atoms with Crippen molar-refractivity contribution in [1.82, 2.24) is 4.90 Å². The number of nitrogens with two attached hydrogens (primary N) is 1. The van der Waals surface area contributed by atoms with Crippen molar-refractivity contribution >= 4 is 23.2 Å². The van der Waals surface area contributed by atoms with Gasteiger partial charge in [0.15, 0.2) is 11.5 Å². The number of likely N-dealkylation sites (tertiary alicyclic amines) is 1. The van der Waals surface area contributed by atoms with Crippen LogP contribution in [0.4, 0.5) is 5.69 Å². The van der Waals surface area contributed by atoms with Crippen molar-refractivity contribution in [1.29, 1.82) is 0 Å². The molecule has 6 heteroatoms. The predicted octanol–water partition coefficient (Wildman–Crippen LogP) is 3.67. The number of hydrogen-bond donors (Lipinski definition) is 1. The SMILES string of the molecule is COc1ccc(CC2CCC(=O)N2Cc2ccc(Cl)c(N)c2)cc1OC. The van der Waals surface area contributed by atoms with Gasteiger partial charge in [-0.2, -0.15) is 0 Å². The molecule has 1 fully saturated rings. The average Bonchev–Trinajstić information content (AvgIpc) is 2.98. The third-order valence-electron chi connectivity index (χ3n) is 4.79. The van der Waals surface area contributed by atoms with Crippen LogP contribution < -0.4 is 15.2 Å². The minimum Gasteiger partial charge on any atom is -0.493 e. The highest BCUT2D eigenvalue weighted by atomic mass is 35.5. The third kappa shape index (κ3) is 3.88. The number of amides is 1. The van der Waals surface area contributed by atoms with Crippen molar-refractivity contribution < 1.29 is 14.3 Å². The Morgan fingerprint density at radius 3 is 2.54 bits per heavy atom. The smallest absolute Gasteiger partial charge is 0.223 e. The Labute approximate surface area is 158 Å². The van der Waals surface area contributed by atoms with Gasteiger partial charge in [-0.15, -0.1) is 0 Å². The number of carbonyl (C=O) groups is 1. The van der Waals surface area contributed by atoms with Gasteiger partial charge in [-0.3, -0.25) is 4.79 Å². The van der Waals surface area contributed by atoms with Crippen LogP contribution in [0.25, 0.3) is 0 Å². The molecule has 0 bridgehead atoms. The zero-order valence-electron chi connectivity index (χ0n) is 15.0. The standard InChI is InChI=1S/C20H23ClN2O3/c1-25-18-7-4-13(11-19(18)26-2)9-15-5-8-20(24)23(15)12-14-3-6-16(21)17(22)10-14/h3-4,6-7,10-11,15H,5,8-9,12,22H2,1-2H3. The first-order chi connectivity index (χ1) is 12.5. The lowest BCUT2D eigenvalue weighted by Crippen LogP contribution is -2.33. The molecule has 138 valence electrons. The van der Waals surface area contributed by atoms with Gasteiger partial charge in [0.25, 0.3) is 0 Å². The zero-order valence-corrected chi connectivity index (χ0v) is 15.8. The van der Waals surface area contributed by atoms with Crippen LogP contribution in [0.5, 0.6) is 11.5 Å². The summed E-state index contributed by atoms with van der Waals surface area (Å²) in [7, 11) is 3.24. The number of anilines is 1. The van der Waals surface area contributed by atoms with E-state index >= 15 is 0 Å². The first-order valence-electron chi connectivity index (χ1n) is 8.56. The molecule has 0 aliphatic carbocycles. The Kier molecular flexibility index (Phi) is 5.57. The molecule has 0 aromatic heterocycles. The van der Waals surface area contributed by atoms with Crippen molar-refractivity contribution in [3.8, 4) is 11.5 Å². The number of ether oxygens (including phenoxy) is 2. The molecule has 0 radical (unpaired) electrons. The lowest BCUT2D eigenvalue weighted by molar-refractivity contribution is -0.129. The number of benzene rings is 2. The fraction of sp³-hybridized carbons (Fsp3) is 0.350. The third-order valence-corrected chi connectivity index (χ3v) is 5.13. The molecule has 1 saturated heterocycles. The summed E-state index contributed by atoms with van der Waals surface area (Å²) in [6.07, 6.45) is 2.19. The quantitative estimate of drug-likeness (QED) is 0.783. The number of rotatable bonds is 6. The van der Waals surface area contributed by atoms with Gasteiger partial charge in [0, 0.05) is 19.0 Å². The molecule has 2 aromatic rings. The van der Waals surface area contributed by atoms with E-state index in [0.29, 0.717) is 35.2 Å². The molecule has 2 aromatic carbocycles. The summed E-state index contributed by atoms with van der Waals surface area (Å²) < 4.78 is 10.7. The van der Waals surface area contributed by atoms with E-state index in [1.165, 1.54) is 0 Å². The van der Waals surface area contributed by atoms with Crippen LogP contribution in [0.2, 0.25) is 5.02 Å². The Balaban J connectivity index is 1.76. The van der Waals surface area contributed by atoms with E-state index in [1.807, 2.05) is 35.2 Å². The van der Waals surface area contributed by atoms with Gasteiger partial charge < -0.3 is 20.1 Å². The summed E-state index contributed by atoms with van der Waals surface area (Å²) in [6, 6.07) is 11.6. The molecule has 1 unspecified atom stereocenters. The summed E-state index contributed by atoms with van der Waals surface area (Å²) in [4.78, 5) is 14.3. The van der Waals surface area contributed by atoms with Gasteiger partial charge >= 0.3 is 0 Å². The Morgan fingerprint density at radius 1 is 1.12 bits per heavy atom. The molecule has 26 heavy (non-hydrogen) atoms. The van der Waals surface area contributed by atoms with Gasteiger partial charge in [0.05, 0.1) is 24.9 Å². The maximum atomic E-state index is 12.4. The van der Waals surface area contributed by atoms with Crippen LogP contribution >= 0.6 is 11.6 Å². The molecule has 1 aliphatic heterocycles. The topological polar surface area (TPSA) is 64.8 Å². The number of nitrogens with zero attached hydrogens (tertiary/aromatic N) is 1. The second kappa shape index (κ2) is 7.87. The number of hydrogen-bond acceptors (Lipinski definition) is 4. The molecule has 5 nitrogen and oxygen atoms in total. The lowest BCUT2D eigenvalue weighted by atomic mass is 10.0. The van der Waals surface area contributed by atoms with Crippen LogP contribution in [0.3, 0.4) is 0 Å². The molecule has 0 saturated carbocycles. The lowest BCUT2D eigenvalue weighted by Gasteiger charge is -2.25. The monoisotopic (exact) mass is 374 g/mol. The minimum atomic E-state index is 0.150. The summed E-state index contributed by atoms with van der Waals surface area (Å²) in [5.41, 5.74) is 8.52. The number of nitrogen functional groups attached to an aromatic ring is 1. The Hall–Kier alpha value is -2.40. The summed E-state index contributed by atoms with van der Waals surface area (Å²) in [6.45, 7) is 0.540. The van der Waals surface area contributed by atoms with Crippen LogP contribution in [-0.4, -0.2) is 31.1 Å². The van der Waals surface area contributed by atoms with Crippen molar-refractivity contribution in [2.24, 2.45) is 0 Å². The molecule has 2 N–H and O–H groups in total. The van der Waals surface area contributed by atoms with Gasteiger partial charge in [-0.05, 0) is 48.2 Å². The van der Waals surface area contributed by atoms with E-state index in [9.17, 15) is 4.79 Å². The zero-order chi connectivity index (χ0) is 18.7. The highest BCUT2D eigenvalue weighted by molar-refractivity contribution is 6.33. The second-order valence-electron chi connectivity index (χ2n) is 6.46. The fourth-order valence-corrected chi connectivity index (χ4v) is 3.51. The van der Waals surface area contributed by atoms with Crippen molar-refractivity contribution in [3.63, 3.8) is 0 Å². The highest BCUT2D eigenvalue weighted by Gasteiger charge is 2.31. The number of halogens is 1.